The lowest BCUT2D eigenvalue weighted by Crippen LogP contribution is -2.43. The van der Waals surface area contributed by atoms with Crippen molar-refractivity contribution in [2.24, 2.45) is 4.99 Å². The predicted octanol–water partition coefficient (Wildman–Crippen LogP) is 1.25. The van der Waals surface area contributed by atoms with Gasteiger partial charge in [0, 0.05) is 24.9 Å². The van der Waals surface area contributed by atoms with Crippen LogP contribution in [0.5, 0.6) is 0 Å². The van der Waals surface area contributed by atoms with Gasteiger partial charge in [0.05, 0.1) is 6.54 Å². The third-order valence-corrected chi connectivity index (χ3v) is 5.14. The number of thioether (sulfide) groups is 1. The number of hydrogen-bond acceptors (Lipinski definition) is 4. The molecule has 0 saturated carbocycles. The standard InChI is InChI=1S/C13H24N6S/c1-4-19-10-17-18-11(19)8-15-12(14-3)16-9-13(2)6-5-7-20-13/h10H,4-9H2,1-3H3,(H2,14,15,16). The molecular weight excluding hydrogens is 272 g/mol. The largest absolute Gasteiger partial charge is 0.355 e. The minimum atomic E-state index is 0.334. The summed E-state index contributed by atoms with van der Waals surface area (Å²) in [5, 5.41) is 14.7. The summed E-state index contributed by atoms with van der Waals surface area (Å²) in [4.78, 5) is 4.26. The molecule has 1 saturated heterocycles. The van der Waals surface area contributed by atoms with E-state index in [9.17, 15) is 0 Å². The highest BCUT2D eigenvalue weighted by molar-refractivity contribution is 8.00. The van der Waals surface area contributed by atoms with Crippen LogP contribution in [0.25, 0.3) is 0 Å². The molecule has 2 heterocycles. The second-order valence-corrected chi connectivity index (χ2v) is 6.90. The molecular formula is C13H24N6S. The van der Waals surface area contributed by atoms with E-state index in [4.69, 9.17) is 0 Å². The number of aromatic nitrogens is 3. The van der Waals surface area contributed by atoms with Crippen molar-refractivity contribution in [3.8, 4) is 0 Å². The molecule has 2 N–H and O–H groups in total. The van der Waals surface area contributed by atoms with Gasteiger partial charge in [0.2, 0.25) is 0 Å². The maximum atomic E-state index is 4.26. The molecule has 0 bridgehead atoms. The van der Waals surface area contributed by atoms with Crippen molar-refractivity contribution in [3.05, 3.63) is 12.2 Å². The average Bonchev–Trinajstić information content (AvgIpc) is 3.08. The Balaban J connectivity index is 1.81. The fourth-order valence-corrected chi connectivity index (χ4v) is 3.55. The van der Waals surface area contributed by atoms with Gasteiger partial charge in [0.25, 0.3) is 0 Å². The Bertz CT molecular complexity index is 449. The first kappa shape index (κ1) is 15.2. The summed E-state index contributed by atoms with van der Waals surface area (Å²) < 4.78 is 2.36. The zero-order valence-corrected chi connectivity index (χ0v) is 13.3. The van der Waals surface area contributed by atoms with E-state index >= 15 is 0 Å². The van der Waals surface area contributed by atoms with Crippen molar-refractivity contribution in [2.75, 3.05) is 19.3 Å². The summed E-state index contributed by atoms with van der Waals surface area (Å²) in [6.45, 7) is 6.86. The second kappa shape index (κ2) is 6.97. The van der Waals surface area contributed by atoms with Gasteiger partial charge in [0.1, 0.15) is 6.33 Å². The SMILES string of the molecule is CCn1cnnc1CNC(=NC)NCC1(C)CCCS1. The molecule has 112 valence electrons. The molecule has 2 rings (SSSR count). The number of aliphatic imine (C=N–C) groups is 1. The summed E-state index contributed by atoms with van der Waals surface area (Å²) in [5.74, 6) is 3.02. The van der Waals surface area contributed by atoms with Gasteiger partial charge in [-0.15, -0.1) is 10.2 Å². The van der Waals surface area contributed by atoms with Crippen LogP contribution in [0, 0.1) is 0 Å². The van der Waals surface area contributed by atoms with Crippen LogP contribution in [0.1, 0.15) is 32.5 Å². The van der Waals surface area contributed by atoms with Crippen molar-refractivity contribution in [1.82, 2.24) is 25.4 Å². The summed E-state index contributed by atoms with van der Waals surface area (Å²) in [5.41, 5.74) is 0. The van der Waals surface area contributed by atoms with E-state index in [1.807, 2.05) is 16.3 Å². The maximum Gasteiger partial charge on any atom is 0.191 e. The fourth-order valence-electron chi connectivity index (χ4n) is 2.31. The smallest absolute Gasteiger partial charge is 0.191 e. The number of aryl methyl sites for hydroxylation is 1. The van der Waals surface area contributed by atoms with Crippen LogP contribution < -0.4 is 10.6 Å². The number of nitrogens with one attached hydrogen (secondary N) is 2. The molecule has 0 amide bonds. The Hall–Kier alpha value is -1.24. The van der Waals surface area contributed by atoms with Crippen LogP contribution in [0.15, 0.2) is 11.3 Å². The molecule has 1 aliphatic rings. The molecule has 1 aliphatic heterocycles. The normalized spacial score (nSPS) is 23.1. The number of nitrogens with zero attached hydrogens (tertiary/aromatic N) is 4. The van der Waals surface area contributed by atoms with Crippen molar-refractivity contribution in [3.63, 3.8) is 0 Å². The van der Waals surface area contributed by atoms with E-state index in [2.05, 4.69) is 39.7 Å². The van der Waals surface area contributed by atoms with Gasteiger partial charge < -0.3 is 15.2 Å². The molecule has 1 unspecified atom stereocenters. The lowest BCUT2D eigenvalue weighted by Gasteiger charge is -2.24. The lowest BCUT2D eigenvalue weighted by atomic mass is 10.1. The Morgan fingerprint density at radius 3 is 3.05 bits per heavy atom. The van der Waals surface area contributed by atoms with Gasteiger partial charge in [-0.05, 0) is 32.4 Å². The minimum absolute atomic E-state index is 0.334. The highest BCUT2D eigenvalue weighted by Gasteiger charge is 2.29. The van der Waals surface area contributed by atoms with Crippen LogP contribution in [-0.2, 0) is 13.1 Å². The molecule has 1 aromatic rings. The quantitative estimate of drug-likeness (QED) is 0.632. The van der Waals surface area contributed by atoms with E-state index in [1.165, 1.54) is 18.6 Å². The topological polar surface area (TPSA) is 67.1 Å². The van der Waals surface area contributed by atoms with E-state index in [1.54, 1.807) is 13.4 Å². The van der Waals surface area contributed by atoms with E-state index < -0.39 is 0 Å². The second-order valence-electron chi connectivity index (χ2n) is 5.21. The van der Waals surface area contributed by atoms with Gasteiger partial charge in [-0.25, -0.2) is 0 Å². The van der Waals surface area contributed by atoms with Gasteiger partial charge in [-0.3, -0.25) is 4.99 Å². The molecule has 1 aromatic heterocycles. The summed E-state index contributed by atoms with van der Waals surface area (Å²) >= 11 is 2.05. The molecule has 0 aromatic carbocycles. The van der Waals surface area contributed by atoms with Crippen LogP contribution in [0.3, 0.4) is 0 Å². The summed E-state index contributed by atoms with van der Waals surface area (Å²) in [6.07, 6.45) is 4.34. The Kier molecular flexibility index (Phi) is 5.28. The van der Waals surface area contributed by atoms with Gasteiger partial charge in [-0.2, -0.15) is 11.8 Å². The van der Waals surface area contributed by atoms with Gasteiger partial charge in [0.15, 0.2) is 11.8 Å². The fraction of sp³-hybridized carbons (Fsp3) is 0.769. The molecule has 7 heteroatoms. The average molecular weight is 296 g/mol. The molecule has 0 radical (unpaired) electrons. The first-order valence-corrected chi connectivity index (χ1v) is 8.10. The van der Waals surface area contributed by atoms with Gasteiger partial charge >= 0.3 is 0 Å². The van der Waals surface area contributed by atoms with Crippen LogP contribution in [-0.4, -0.2) is 44.8 Å². The minimum Gasteiger partial charge on any atom is -0.355 e. The lowest BCUT2D eigenvalue weighted by molar-refractivity contribution is 0.582. The van der Waals surface area contributed by atoms with Gasteiger partial charge in [-0.1, -0.05) is 0 Å². The highest BCUT2D eigenvalue weighted by Crippen LogP contribution is 2.36. The third kappa shape index (κ3) is 3.88. The van der Waals surface area contributed by atoms with Crippen molar-refractivity contribution >= 4 is 17.7 Å². The zero-order valence-electron chi connectivity index (χ0n) is 12.5. The van der Waals surface area contributed by atoms with E-state index in [-0.39, 0.29) is 0 Å². The maximum absolute atomic E-state index is 4.26. The predicted molar refractivity (Wildman–Crippen MR) is 84.0 cm³/mol. The third-order valence-electron chi connectivity index (χ3n) is 3.60. The molecule has 1 fully saturated rings. The monoisotopic (exact) mass is 296 g/mol. The van der Waals surface area contributed by atoms with Crippen molar-refractivity contribution in [1.29, 1.82) is 0 Å². The summed E-state index contributed by atoms with van der Waals surface area (Å²) in [7, 11) is 1.80. The first-order chi connectivity index (χ1) is 9.67. The van der Waals surface area contributed by atoms with Crippen LogP contribution in [0.2, 0.25) is 0 Å². The number of rotatable bonds is 5. The van der Waals surface area contributed by atoms with Crippen LogP contribution in [0.4, 0.5) is 0 Å². The Morgan fingerprint density at radius 2 is 2.40 bits per heavy atom. The molecule has 1 atom stereocenters. The number of hydrogen-bond donors (Lipinski definition) is 2. The van der Waals surface area contributed by atoms with Crippen molar-refractivity contribution < 1.29 is 0 Å². The van der Waals surface area contributed by atoms with E-state index in [0.717, 1.165) is 24.9 Å². The van der Waals surface area contributed by atoms with Crippen molar-refractivity contribution in [2.45, 2.75) is 44.5 Å². The molecule has 6 nitrogen and oxygen atoms in total. The first-order valence-electron chi connectivity index (χ1n) is 7.12. The zero-order chi connectivity index (χ0) is 14.4. The number of guanidine groups is 1. The highest BCUT2D eigenvalue weighted by atomic mass is 32.2. The Labute approximate surface area is 124 Å². The molecule has 0 aliphatic carbocycles. The molecule has 20 heavy (non-hydrogen) atoms. The van der Waals surface area contributed by atoms with Crippen LogP contribution >= 0.6 is 11.8 Å². The summed E-state index contributed by atoms with van der Waals surface area (Å²) in [6, 6.07) is 0. The molecule has 0 spiro atoms. The Morgan fingerprint density at radius 1 is 1.55 bits per heavy atom. The van der Waals surface area contributed by atoms with E-state index in [0.29, 0.717) is 11.3 Å².